The van der Waals surface area contributed by atoms with Crippen LogP contribution in [0, 0.1) is 0 Å². The molecule has 0 bridgehead atoms. The van der Waals surface area contributed by atoms with E-state index in [1.54, 1.807) is 43.5 Å². The van der Waals surface area contributed by atoms with E-state index in [2.05, 4.69) is 15.5 Å². The van der Waals surface area contributed by atoms with Crippen molar-refractivity contribution in [3.05, 3.63) is 95.6 Å². The molecule has 174 valence electrons. The van der Waals surface area contributed by atoms with E-state index in [-0.39, 0.29) is 11.9 Å². The Morgan fingerprint density at radius 1 is 0.971 bits per heavy atom. The predicted molar refractivity (Wildman–Crippen MR) is 123 cm³/mol. The van der Waals surface area contributed by atoms with Crippen molar-refractivity contribution in [3.63, 3.8) is 0 Å². The molecule has 0 saturated carbocycles. The maximum atomic E-state index is 13.0. The van der Waals surface area contributed by atoms with Crippen molar-refractivity contribution in [2.24, 2.45) is 0 Å². The lowest BCUT2D eigenvalue weighted by Crippen LogP contribution is -2.26. The molecular formula is C26H22F3N3O2. The summed E-state index contributed by atoms with van der Waals surface area (Å²) in [5, 5.41) is 9.96. The Labute approximate surface area is 194 Å². The van der Waals surface area contributed by atoms with Crippen molar-refractivity contribution in [2.75, 3.05) is 7.11 Å². The van der Waals surface area contributed by atoms with Gasteiger partial charge in [-0.25, -0.2) is 0 Å². The van der Waals surface area contributed by atoms with Gasteiger partial charge >= 0.3 is 6.18 Å². The quantitative estimate of drug-likeness (QED) is 0.353. The van der Waals surface area contributed by atoms with Crippen molar-refractivity contribution >= 4 is 5.91 Å². The van der Waals surface area contributed by atoms with Crippen molar-refractivity contribution in [2.45, 2.75) is 19.1 Å². The maximum absolute atomic E-state index is 13.0. The highest BCUT2D eigenvalue weighted by Gasteiger charge is 2.30. The van der Waals surface area contributed by atoms with E-state index >= 15 is 0 Å². The van der Waals surface area contributed by atoms with Crippen LogP contribution in [-0.4, -0.2) is 23.2 Å². The maximum Gasteiger partial charge on any atom is 0.416 e. The van der Waals surface area contributed by atoms with Crippen LogP contribution in [0.2, 0.25) is 0 Å². The van der Waals surface area contributed by atoms with Gasteiger partial charge in [0.2, 0.25) is 0 Å². The number of methoxy groups -OCH3 is 1. The van der Waals surface area contributed by atoms with E-state index < -0.39 is 11.7 Å². The number of aromatic amines is 1. The first-order valence-corrected chi connectivity index (χ1v) is 10.5. The van der Waals surface area contributed by atoms with E-state index in [0.717, 1.165) is 29.0 Å². The second kappa shape index (κ2) is 9.43. The van der Waals surface area contributed by atoms with Crippen LogP contribution in [0.5, 0.6) is 5.75 Å². The van der Waals surface area contributed by atoms with Crippen LogP contribution in [0.1, 0.15) is 34.5 Å². The van der Waals surface area contributed by atoms with Crippen LogP contribution in [0.3, 0.4) is 0 Å². The van der Waals surface area contributed by atoms with Crippen molar-refractivity contribution in [1.82, 2.24) is 15.5 Å². The van der Waals surface area contributed by atoms with E-state index in [4.69, 9.17) is 4.74 Å². The lowest BCUT2D eigenvalue weighted by atomic mass is 10.0. The molecule has 4 rings (SSSR count). The molecule has 1 amide bonds. The molecule has 0 fully saturated rings. The van der Waals surface area contributed by atoms with Crippen LogP contribution >= 0.6 is 0 Å². The van der Waals surface area contributed by atoms with Crippen LogP contribution in [0.4, 0.5) is 13.2 Å². The molecule has 0 unspecified atom stereocenters. The Balaban J connectivity index is 1.46. The lowest BCUT2D eigenvalue weighted by molar-refractivity contribution is -0.137. The highest BCUT2D eigenvalue weighted by atomic mass is 19.4. The number of halogens is 3. The first-order chi connectivity index (χ1) is 16.2. The van der Waals surface area contributed by atoms with Gasteiger partial charge in [-0.15, -0.1) is 0 Å². The van der Waals surface area contributed by atoms with Gasteiger partial charge in [0.25, 0.3) is 5.91 Å². The predicted octanol–water partition coefficient (Wildman–Crippen LogP) is 6.26. The van der Waals surface area contributed by atoms with Gasteiger partial charge in [-0.05, 0) is 60.5 Å². The number of amides is 1. The Morgan fingerprint density at radius 3 is 2.32 bits per heavy atom. The molecule has 0 aliphatic heterocycles. The molecule has 5 nitrogen and oxygen atoms in total. The summed E-state index contributed by atoms with van der Waals surface area (Å²) in [6, 6.07) is 20.9. The molecule has 8 heteroatoms. The zero-order valence-electron chi connectivity index (χ0n) is 18.5. The third-order valence-electron chi connectivity index (χ3n) is 5.49. The Morgan fingerprint density at radius 2 is 1.68 bits per heavy atom. The van der Waals surface area contributed by atoms with E-state index in [9.17, 15) is 18.0 Å². The minimum atomic E-state index is -4.42. The second-order valence-corrected chi connectivity index (χ2v) is 7.79. The third kappa shape index (κ3) is 5.11. The molecule has 1 atom stereocenters. The molecule has 1 aromatic heterocycles. The van der Waals surface area contributed by atoms with Gasteiger partial charge in [-0.1, -0.05) is 36.4 Å². The van der Waals surface area contributed by atoms with Gasteiger partial charge in [0.05, 0.1) is 30.1 Å². The Kier molecular flexibility index (Phi) is 6.40. The molecule has 0 aliphatic rings. The van der Waals surface area contributed by atoms with Gasteiger partial charge in [-0.2, -0.15) is 18.3 Å². The summed E-state index contributed by atoms with van der Waals surface area (Å²) in [7, 11) is 1.60. The molecular weight excluding hydrogens is 443 g/mol. The Hall–Kier alpha value is -4.07. The second-order valence-electron chi connectivity index (χ2n) is 7.79. The number of ether oxygens (including phenoxy) is 1. The molecule has 4 aromatic rings. The summed E-state index contributed by atoms with van der Waals surface area (Å²) < 4.78 is 44.1. The summed E-state index contributed by atoms with van der Waals surface area (Å²) in [5.41, 5.74) is 2.86. The number of alkyl halides is 3. The van der Waals surface area contributed by atoms with Crippen molar-refractivity contribution in [1.29, 1.82) is 0 Å². The van der Waals surface area contributed by atoms with Crippen molar-refractivity contribution < 1.29 is 22.7 Å². The molecule has 1 heterocycles. The monoisotopic (exact) mass is 465 g/mol. The topological polar surface area (TPSA) is 67.0 Å². The fraction of sp³-hybridized carbons (Fsp3) is 0.154. The fourth-order valence-corrected chi connectivity index (χ4v) is 3.53. The van der Waals surface area contributed by atoms with Gasteiger partial charge in [0, 0.05) is 11.1 Å². The number of rotatable bonds is 6. The SMILES string of the molecule is COc1ccc([C@H](C)NC(=O)c2ccc(-c3cc(-c4cccc(C(F)(F)F)c4)n[nH]3)cc2)cc1. The van der Waals surface area contributed by atoms with E-state index in [1.807, 2.05) is 31.2 Å². The average Bonchev–Trinajstić information content (AvgIpc) is 3.34. The standard InChI is InChI=1S/C26H22F3N3O2/c1-16(17-10-12-22(34-2)13-11-17)30-25(33)19-8-6-18(7-9-19)23-15-24(32-31-23)20-4-3-5-21(14-20)26(27,28)29/h3-16H,1-2H3,(H,30,33)(H,31,32)/t16-/m0/s1. The molecule has 0 radical (unpaired) electrons. The molecule has 3 aromatic carbocycles. The van der Waals surface area contributed by atoms with Crippen LogP contribution in [0.15, 0.2) is 78.9 Å². The first-order valence-electron chi connectivity index (χ1n) is 10.5. The molecule has 0 aliphatic carbocycles. The summed E-state index contributed by atoms with van der Waals surface area (Å²) in [5.74, 6) is 0.525. The van der Waals surface area contributed by atoms with Crippen LogP contribution in [-0.2, 0) is 6.18 Å². The van der Waals surface area contributed by atoms with Crippen molar-refractivity contribution in [3.8, 4) is 28.3 Å². The van der Waals surface area contributed by atoms with Gasteiger partial charge in [0.15, 0.2) is 0 Å². The zero-order chi connectivity index (χ0) is 24.3. The zero-order valence-corrected chi connectivity index (χ0v) is 18.5. The first kappa shape index (κ1) is 23.1. The number of nitrogens with zero attached hydrogens (tertiary/aromatic N) is 1. The number of carbonyl (C=O) groups excluding carboxylic acids is 1. The average molecular weight is 465 g/mol. The number of benzene rings is 3. The number of aromatic nitrogens is 2. The number of hydrogen-bond donors (Lipinski definition) is 2. The summed E-state index contributed by atoms with van der Waals surface area (Å²) in [4.78, 5) is 12.7. The van der Waals surface area contributed by atoms with Gasteiger partial charge in [-0.3, -0.25) is 9.89 Å². The fourth-order valence-electron chi connectivity index (χ4n) is 3.53. The molecule has 2 N–H and O–H groups in total. The van der Waals surface area contributed by atoms with Crippen LogP contribution in [0.25, 0.3) is 22.5 Å². The normalized spacial score (nSPS) is 12.3. The number of H-pyrrole nitrogens is 1. The number of hydrogen-bond acceptors (Lipinski definition) is 3. The summed E-state index contributed by atoms with van der Waals surface area (Å²) >= 11 is 0. The lowest BCUT2D eigenvalue weighted by Gasteiger charge is -2.15. The van der Waals surface area contributed by atoms with Gasteiger partial charge in [0.1, 0.15) is 5.75 Å². The highest BCUT2D eigenvalue weighted by Crippen LogP contribution is 2.32. The summed E-state index contributed by atoms with van der Waals surface area (Å²) in [6.07, 6.45) is -4.42. The summed E-state index contributed by atoms with van der Waals surface area (Å²) in [6.45, 7) is 1.90. The highest BCUT2D eigenvalue weighted by molar-refractivity contribution is 5.94. The minimum absolute atomic E-state index is 0.194. The number of carbonyl (C=O) groups is 1. The Bertz CT molecular complexity index is 1280. The minimum Gasteiger partial charge on any atom is -0.497 e. The smallest absolute Gasteiger partial charge is 0.416 e. The molecule has 0 spiro atoms. The number of nitrogens with one attached hydrogen (secondary N) is 2. The van der Waals surface area contributed by atoms with Gasteiger partial charge < -0.3 is 10.1 Å². The third-order valence-corrected chi connectivity index (χ3v) is 5.49. The van der Waals surface area contributed by atoms with E-state index in [0.29, 0.717) is 22.5 Å². The van der Waals surface area contributed by atoms with Crippen LogP contribution < -0.4 is 10.1 Å². The molecule has 34 heavy (non-hydrogen) atoms. The molecule has 0 saturated heterocycles. The van der Waals surface area contributed by atoms with E-state index in [1.165, 1.54) is 6.07 Å². The largest absolute Gasteiger partial charge is 0.497 e.